The van der Waals surface area contributed by atoms with Gasteiger partial charge in [0.15, 0.2) is 22.6 Å². The predicted octanol–water partition coefficient (Wildman–Crippen LogP) is 15.2. The lowest BCUT2D eigenvalue weighted by Gasteiger charge is -2.30. The van der Waals surface area contributed by atoms with Crippen LogP contribution in [-0.2, 0) is 33.2 Å². The van der Waals surface area contributed by atoms with Crippen molar-refractivity contribution in [2.75, 3.05) is 56.3 Å². The molecule has 31 nitrogen and oxygen atoms in total. The van der Waals surface area contributed by atoms with Crippen LogP contribution < -0.4 is 54.6 Å². The highest BCUT2D eigenvalue weighted by atomic mass is 127. The summed E-state index contributed by atoms with van der Waals surface area (Å²) in [6, 6.07) is 55.5. The zero-order valence-corrected chi connectivity index (χ0v) is 78.7. The number of nitrogens with two attached hydrogens (primary N) is 4. The number of ether oxygens (including phenoxy) is 2. The summed E-state index contributed by atoms with van der Waals surface area (Å²) in [7, 11) is 3.41. The summed E-state index contributed by atoms with van der Waals surface area (Å²) in [5, 5.41) is 28.3. The SMILES string of the molecule is COc1cccc(-c2nn(Cc3cc4cccc(C)c4c(=O)n3-c3ccccc3C)c3ncnc(N)c23)c1.Cc1cccc2cc(Cn3nc(I)c4c(N)ncnc43)n(-c3ccccc3OCCN3CCCCC3)c(=O)c12.Cc1cccc2cc(Cn3nc(I)c4c(N)ncnc43)n(C)c(=O)c12.Cc1cccc2cc(Cn3nc(I)c4c(N)ncnc43)n(C3CCC3)c(=O)c12. The van der Waals surface area contributed by atoms with E-state index in [-0.39, 0.29) is 28.3 Å². The Hall–Kier alpha value is -13.5. The summed E-state index contributed by atoms with van der Waals surface area (Å²) < 4.78 is 28.3. The molecule has 1 aliphatic carbocycles. The molecule has 12 aromatic heterocycles. The monoisotopic (exact) mass is 2070 g/mol. The smallest absolute Gasteiger partial charge is 0.263 e. The Kier molecular flexibility index (Phi) is 24.8. The van der Waals surface area contributed by atoms with E-state index in [1.165, 1.54) is 44.6 Å². The Bertz CT molecular complexity index is 7940. The first-order valence-corrected chi connectivity index (χ1v) is 45.7. The van der Waals surface area contributed by atoms with Gasteiger partial charge in [0, 0.05) is 48.0 Å². The van der Waals surface area contributed by atoms with Crippen LogP contribution in [0.15, 0.2) is 214 Å². The molecule has 1 aliphatic heterocycles. The number of fused-ring (bicyclic) bond motifs is 8. The lowest BCUT2D eigenvalue weighted by Crippen LogP contribution is -2.33. The maximum absolute atomic E-state index is 14.2. The van der Waals surface area contributed by atoms with E-state index in [9.17, 15) is 19.2 Å². The van der Waals surface area contributed by atoms with Crippen molar-refractivity contribution >= 4 is 178 Å². The van der Waals surface area contributed by atoms with Crippen molar-refractivity contribution in [2.24, 2.45) is 7.05 Å². The molecule has 130 heavy (non-hydrogen) atoms. The Balaban J connectivity index is 0.000000118. The maximum atomic E-state index is 14.2. The highest BCUT2D eigenvalue weighted by molar-refractivity contribution is 14.1. The minimum atomic E-state index is -0.0898. The fourth-order valence-corrected chi connectivity index (χ4v) is 19.9. The molecule has 2 fully saturated rings. The van der Waals surface area contributed by atoms with Crippen LogP contribution in [0.4, 0.5) is 23.3 Å². The maximum Gasteiger partial charge on any atom is 0.263 e. The second kappa shape index (κ2) is 36.9. The molecule has 0 bridgehead atoms. The van der Waals surface area contributed by atoms with E-state index in [0.29, 0.717) is 127 Å². The van der Waals surface area contributed by atoms with Crippen molar-refractivity contribution in [3.63, 3.8) is 0 Å². The summed E-state index contributed by atoms with van der Waals surface area (Å²) in [5.41, 5.74) is 38.2. The van der Waals surface area contributed by atoms with E-state index < -0.39 is 0 Å². The number of hydrogen-bond acceptors (Lipinski definition) is 23. The molecule has 1 saturated carbocycles. The fourth-order valence-electron chi connectivity index (χ4n) is 17.6. The Labute approximate surface area is 784 Å². The number of piperidine rings is 1. The molecule has 7 aromatic carbocycles. The highest BCUT2D eigenvalue weighted by Gasteiger charge is 2.29. The third-order valence-corrected chi connectivity index (χ3v) is 26.6. The van der Waals surface area contributed by atoms with Crippen LogP contribution in [0.1, 0.15) is 95.2 Å². The Morgan fingerprint density at radius 2 is 0.792 bits per heavy atom. The van der Waals surface area contributed by atoms with Gasteiger partial charge in [0.05, 0.1) is 87.8 Å². The standard InChI is InChI=1S/C30H26N6O2.C29H30IN7O2.C20H19IN6O.C17H15IN6O/c1-18-8-4-5-13-24(18)36-22(14-20-10-6-9-19(2)25(20)30(36)37)16-35-29-26(28(31)32-17-33-29)27(34-35)21-11-7-12-23(15-21)38-3;1-19-8-7-9-20-16-21(17-36-28-25(26(30)34-36)27(31)32-18-33-28)37(29(38)24(19)20)22-10-3-4-11-23(22)39-15-14-35-12-5-2-6-13-35;1-11-4-2-5-12-8-14(27(13-6-3-7-13)20(28)15(11)12)9-26-19-16(17(21)25-26)18(22)23-10-24-19;1-9-4-3-5-10-6-11(23(2)17(25)12(9)10)7-24-16-13(14(18)22-24)15(19)20-8-21-16/h4-15,17H,16H2,1-3H3,(H2,31,32,33);3-4,7-11,16,18H,2,5-6,12-15,17H2,1H3,(H2,31,32,33);2,4-5,8,10,13H,3,6-7,9H2,1H3,(H2,22,23,24);3-6,8H,7H2,1-2H3,(H2,19,20,21). The van der Waals surface area contributed by atoms with Crippen LogP contribution in [0, 0.1) is 45.7 Å². The van der Waals surface area contributed by atoms with Crippen LogP contribution in [0.5, 0.6) is 11.5 Å². The number of nitrogen functional groups attached to an aromatic ring is 4. The van der Waals surface area contributed by atoms with E-state index >= 15 is 0 Å². The molecule has 21 rings (SSSR count). The number of benzene rings is 7. The van der Waals surface area contributed by atoms with Gasteiger partial charge in [-0.1, -0.05) is 122 Å². The quantitative estimate of drug-likeness (QED) is 0.0615. The number of likely N-dealkylation sites (tertiary alicyclic amines) is 1. The van der Waals surface area contributed by atoms with E-state index in [1.807, 2.05) is 196 Å². The number of aryl methyl sites for hydroxylation is 5. The molecular weight excluding hydrogens is 1980 g/mol. The number of para-hydroxylation sites is 3. The summed E-state index contributed by atoms with van der Waals surface area (Å²) in [6.07, 6.45) is 12.8. The first-order chi connectivity index (χ1) is 63.0. The zero-order valence-electron chi connectivity index (χ0n) is 72.2. The summed E-state index contributed by atoms with van der Waals surface area (Å²) in [5.74, 6) is 2.94. The minimum absolute atomic E-state index is 0.00843. The minimum Gasteiger partial charge on any atom is -0.497 e. The molecular formula is C96H90I3N25O6. The second-order valence-corrected chi connectivity index (χ2v) is 35.6. The van der Waals surface area contributed by atoms with Crippen LogP contribution in [-0.4, -0.2) is 136 Å². The van der Waals surface area contributed by atoms with Gasteiger partial charge in [-0.25, -0.2) is 58.6 Å². The average Bonchev–Trinajstić information content (AvgIpc) is 1.33. The molecule has 0 amide bonds. The summed E-state index contributed by atoms with van der Waals surface area (Å²) >= 11 is 6.42. The van der Waals surface area contributed by atoms with Gasteiger partial charge in [0.1, 0.15) is 83.5 Å². The third-order valence-electron chi connectivity index (χ3n) is 24.3. The van der Waals surface area contributed by atoms with Gasteiger partial charge in [0.25, 0.3) is 22.2 Å². The van der Waals surface area contributed by atoms with Crippen molar-refractivity contribution in [1.82, 2.24) is 102 Å². The number of methoxy groups -OCH3 is 1. The van der Waals surface area contributed by atoms with Gasteiger partial charge >= 0.3 is 0 Å². The van der Waals surface area contributed by atoms with E-state index in [2.05, 4.69) is 141 Å². The Morgan fingerprint density at radius 1 is 0.392 bits per heavy atom. The molecule has 8 N–H and O–H groups in total. The lowest BCUT2D eigenvalue weighted by molar-refractivity contribution is 0.183. The van der Waals surface area contributed by atoms with Crippen LogP contribution in [0.25, 0.3) is 110 Å². The van der Waals surface area contributed by atoms with Crippen LogP contribution >= 0.6 is 67.8 Å². The zero-order chi connectivity index (χ0) is 90.4. The first-order valence-electron chi connectivity index (χ1n) is 42.5. The van der Waals surface area contributed by atoms with Crippen molar-refractivity contribution in [3.05, 3.63) is 298 Å². The van der Waals surface area contributed by atoms with Gasteiger partial charge in [-0.3, -0.25) is 33.2 Å². The lowest BCUT2D eigenvalue weighted by atomic mass is 9.91. The molecule has 0 unspecified atom stereocenters. The van der Waals surface area contributed by atoms with E-state index in [1.54, 1.807) is 41.9 Å². The molecule has 34 heteroatoms. The fraction of sp³-hybridized carbons (Fsp3) is 0.229. The van der Waals surface area contributed by atoms with Crippen molar-refractivity contribution < 1.29 is 9.47 Å². The number of aromatic nitrogens is 20. The molecule has 0 atom stereocenters. The molecule has 1 saturated heterocycles. The normalized spacial score (nSPS) is 13.0. The third kappa shape index (κ3) is 16.8. The van der Waals surface area contributed by atoms with Gasteiger partial charge in [0.2, 0.25) is 0 Å². The van der Waals surface area contributed by atoms with Gasteiger partial charge in [-0.05, 0) is 252 Å². The van der Waals surface area contributed by atoms with Crippen molar-refractivity contribution in [1.29, 1.82) is 0 Å². The number of rotatable bonds is 17. The predicted molar refractivity (Wildman–Crippen MR) is 534 cm³/mol. The summed E-state index contributed by atoms with van der Waals surface area (Å²) in [4.78, 5) is 90.9. The van der Waals surface area contributed by atoms with E-state index in [0.717, 1.165) is 151 Å². The molecule has 0 radical (unpaired) electrons. The molecule has 656 valence electrons. The summed E-state index contributed by atoms with van der Waals surface area (Å²) in [6.45, 7) is 15.0. The van der Waals surface area contributed by atoms with Crippen molar-refractivity contribution in [2.45, 2.75) is 105 Å². The molecule has 13 heterocycles. The Morgan fingerprint density at radius 3 is 1.28 bits per heavy atom. The highest BCUT2D eigenvalue weighted by Crippen LogP contribution is 2.37. The van der Waals surface area contributed by atoms with Gasteiger partial charge in [-0.15, -0.1) is 0 Å². The number of nitrogens with zero attached hydrogens (tertiary/aromatic N) is 21. The molecule has 19 aromatic rings. The second-order valence-electron chi connectivity index (χ2n) is 32.5. The van der Waals surface area contributed by atoms with Gasteiger partial charge in [-0.2, -0.15) is 20.4 Å². The number of halogens is 3. The number of pyridine rings is 4. The van der Waals surface area contributed by atoms with E-state index in [4.69, 9.17) is 42.6 Å². The molecule has 0 spiro atoms. The van der Waals surface area contributed by atoms with Crippen LogP contribution in [0.2, 0.25) is 0 Å². The van der Waals surface area contributed by atoms with Crippen molar-refractivity contribution in [3.8, 4) is 34.1 Å². The molecule has 2 aliphatic rings. The first kappa shape index (κ1) is 87.2. The largest absolute Gasteiger partial charge is 0.497 e. The van der Waals surface area contributed by atoms with Gasteiger partial charge < -0.3 is 41.5 Å². The van der Waals surface area contributed by atoms with Crippen LogP contribution in [0.3, 0.4) is 0 Å². The number of anilines is 4. The number of hydrogen-bond donors (Lipinski definition) is 4. The average molecular weight is 2070 g/mol. The topological polar surface area (TPSA) is 388 Å².